The van der Waals surface area contributed by atoms with E-state index in [0.29, 0.717) is 0 Å². The molecule has 2 N–H and O–H groups in total. The van der Waals surface area contributed by atoms with Crippen LogP contribution in [-0.2, 0) is 20.1 Å². The summed E-state index contributed by atoms with van der Waals surface area (Å²) in [6.45, 7) is 6.57. The molecule has 5 heteroatoms. The van der Waals surface area contributed by atoms with E-state index in [9.17, 15) is 0 Å². The smallest absolute Gasteiger partial charge is 0.0534 e. The minimum absolute atomic E-state index is 0.241. The zero-order chi connectivity index (χ0) is 15.5. The number of rotatable bonds is 6. The van der Waals surface area contributed by atoms with Crippen LogP contribution in [0.5, 0.6) is 0 Å². The molecular formula is C16H23ClN4. The largest absolute Gasteiger partial charge is 0.324 e. The van der Waals surface area contributed by atoms with Crippen LogP contribution in [-0.4, -0.2) is 26.8 Å². The summed E-state index contributed by atoms with van der Waals surface area (Å²) in [7, 11) is 1.93. The van der Waals surface area contributed by atoms with Crippen molar-refractivity contribution in [2.24, 2.45) is 12.8 Å². The van der Waals surface area contributed by atoms with Crippen molar-refractivity contribution in [3.05, 3.63) is 52.8 Å². The van der Waals surface area contributed by atoms with Gasteiger partial charge in [0, 0.05) is 49.0 Å². The first-order chi connectivity index (χ1) is 9.82. The lowest BCUT2D eigenvalue weighted by Crippen LogP contribution is -2.44. The molecular weight excluding hydrogens is 284 g/mol. The number of halogens is 1. The highest BCUT2D eigenvalue weighted by atomic mass is 35.5. The molecule has 1 heterocycles. The Morgan fingerprint density at radius 3 is 2.33 bits per heavy atom. The van der Waals surface area contributed by atoms with Crippen LogP contribution in [0.2, 0.25) is 5.02 Å². The van der Waals surface area contributed by atoms with Gasteiger partial charge in [0.1, 0.15) is 0 Å². The van der Waals surface area contributed by atoms with E-state index >= 15 is 0 Å². The maximum absolute atomic E-state index is 6.19. The zero-order valence-corrected chi connectivity index (χ0v) is 13.6. The van der Waals surface area contributed by atoms with E-state index in [-0.39, 0.29) is 5.54 Å². The van der Waals surface area contributed by atoms with Crippen molar-refractivity contribution in [2.75, 3.05) is 6.54 Å². The molecule has 1 aromatic carbocycles. The monoisotopic (exact) mass is 306 g/mol. The molecule has 0 unspecified atom stereocenters. The number of hydrogen-bond donors (Lipinski definition) is 1. The van der Waals surface area contributed by atoms with Crippen molar-refractivity contribution < 1.29 is 0 Å². The molecule has 0 aliphatic carbocycles. The topological polar surface area (TPSA) is 47.1 Å². The average molecular weight is 307 g/mol. The van der Waals surface area contributed by atoms with Crippen molar-refractivity contribution >= 4 is 11.6 Å². The first-order valence-corrected chi connectivity index (χ1v) is 7.43. The van der Waals surface area contributed by atoms with Crippen LogP contribution in [0.15, 0.2) is 36.7 Å². The van der Waals surface area contributed by atoms with Gasteiger partial charge in [-0.25, -0.2) is 0 Å². The first-order valence-electron chi connectivity index (χ1n) is 7.05. The quantitative estimate of drug-likeness (QED) is 0.892. The number of benzene rings is 1. The summed E-state index contributed by atoms with van der Waals surface area (Å²) in [5.41, 5.74) is 8.37. The van der Waals surface area contributed by atoms with E-state index in [1.165, 1.54) is 11.1 Å². The van der Waals surface area contributed by atoms with Crippen LogP contribution in [0.3, 0.4) is 0 Å². The number of aromatic nitrogens is 2. The third kappa shape index (κ3) is 5.50. The molecule has 2 aromatic rings. The molecule has 0 saturated heterocycles. The zero-order valence-electron chi connectivity index (χ0n) is 12.9. The molecule has 0 atom stereocenters. The van der Waals surface area contributed by atoms with Gasteiger partial charge in [0.25, 0.3) is 0 Å². The fourth-order valence-corrected chi connectivity index (χ4v) is 2.53. The summed E-state index contributed by atoms with van der Waals surface area (Å²) >= 11 is 5.94. The van der Waals surface area contributed by atoms with Gasteiger partial charge in [0.05, 0.1) is 6.20 Å². The summed E-state index contributed by atoms with van der Waals surface area (Å²) < 4.78 is 1.82. The Bertz CT molecular complexity index is 569. The SMILES string of the molecule is Cn1cc(CN(Cc2ccc(Cl)cc2)CC(C)(C)N)cn1. The molecule has 4 nitrogen and oxygen atoms in total. The predicted molar refractivity (Wildman–Crippen MR) is 87.0 cm³/mol. The van der Waals surface area contributed by atoms with Gasteiger partial charge >= 0.3 is 0 Å². The van der Waals surface area contributed by atoms with Crippen LogP contribution < -0.4 is 5.73 Å². The molecule has 21 heavy (non-hydrogen) atoms. The number of nitrogens with zero attached hydrogens (tertiary/aromatic N) is 3. The van der Waals surface area contributed by atoms with E-state index in [1.54, 1.807) is 0 Å². The molecule has 0 bridgehead atoms. The molecule has 0 radical (unpaired) electrons. The van der Waals surface area contributed by atoms with Crippen LogP contribution in [0.1, 0.15) is 25.0 Å². The van der Waals surface area contributed by atoms with Gasteiger partial charge in [-0.2, -0.15) is 5.10 Å². The summed E-state index contributed by atoms with van der Waals surface area (Å²) in [5, 5.41) is 4.99. The van der Waals surface area contributed by atoms with Gasteiger partial charge in [-0.05, 0) is 31.5 Å². The second kappa shape index (κ2) is 6.60. The van der Waals surface area contributed by atoms with E-state index < -0.39 is 0 Å². The lowest BCUT2D eigenvalue weighted by Gasteiger charge is -2.29. The first kappa shape index (κ1) is 16.0. The van der Waals surface area contributed by atoms with Gasteiger partial charge in [0.2, 0.25) is 0 Å². The van der Waals surface area contributed by atoms with E-state index in [2.05, 4.69) is 22.1 Å². The molecule has 0 spiro atoms. The highest BCUT2D eigenvalue weighted by Gasteiger charge is 2.18. The average Bonchev–Trinajstić information content (AvgIpc) is 2.75. The van der Waals surface area contributed by atoms with Gasteiger partial charge in [0.15, 0.2) is 0 Å². The highest BCUT2D eigenvalue weighted by molar-refractivity contribution is 6.30. The summed E-state index contributed by atoms with van der Waals surface area (Å²) in [4.78, 5) is 2.33. The lowest BCUT2D eigenvalue weighted by atomic mass is 10.1. The standard InChI is InChI=1S/C16H23ClN4/c1-16(2,18)12-21(11-14-8-19-20(3)9-14)10-13-4-6-15(17)7-5-13/h4-9H,10-12,18H2,1-3H3. The minimum atomic E-state index is -0.241. The minimum Gasteiger partial charge on any atom is -0.324 e. The van der Waals surface area contributed by atoms with Crippen LogP contribution in [0.25, 0.3) is 0 Å². The fourth-order valence-electron chi connectivity index (χ4n) is 2.40. The number of aryl methyl sites for hydroxylation is 1. The Labute approximate surface area is 131 Å². The summed E-state index contributed by atoms with van der Waals surface area (Å²) in [6, 6.07) is 7.96. The normalized spacial score (nSPS) is 12.1. The van der Waals surface area contributed by atoms with Crippen LogP contribution >= 0.6 is 11.6 Å². The number of hydrogen-bond acceptors (Lipinski definition) is 3. The van der Waals surface area contributed by atoms with Crippen LogP contribution in [0.4, 0.5) is 0 Å². The van der Waals surface area contributed by atoms with Gasteiger partial charge in [-0.3, -0.25) is 9.58 Å². The van der Waals surface area contributed by atoms with Crippen molar-refractivity contribution in [3.8, 4) is 0 Å². The molecule has 2 rings (SSSR count). The van der Waals surface area contributed by atoms with Crippen molar-refractivity contribution in [1.82, 2.24) is 14.7 Å². The molecule has 0 saturated carbocycles. The Balaban J connectivity index is 2.09. The molecule has 114 valence electrons. The van der Waals surface area contributed by atoms with E-state index in [1.807, 2.05) is 50.1 Å². The van der Waals surface area contributed by atoms with Gasteiger partial charge in [-0.1, -0.05) is 23.7 Å². The summed E-state index contributed by atoms with van der Waals surface area (Å²) in [5.74, 6) is 0. The molecule has 1 aromatic heterocycles. The van der Waals surface area contributed by atoms with E-state index in [4.69, 9.17) is 17.3 Å². The third-order valence-corrected chi connectivity index (χ3v) is 3.37. The van der Waals surface area contributed by atoms with Crippen LogP contribution in [0, 0.1) is 0 Å². The predicted octanol–water partition coefficient (Wildman–Crippen LogP) is 2.81. The maximum atomic E-state index is 6.19. The van der Waals surface area contributed by atoms with E-state index in [0.717, 1.165) is 24.7 Å². The highest BCUT2D eigenvalue weighted by Crippen LogP contribution is 2.15. The number of nitrogens with two attached hydrogens (primary N) is 1. The van der Waals surface area contributed by atoms with Gasteiger partial charge < -0.3 is 5.73 Å². The second-order valence-corrected chi connectivity index (χ2v) is 6.72. The van der Waals surface area contributed by atoms with Crippen molar-refractivity contribution in [3.63, 3.8) is 0 Å². The Hall–Kier alpha value is -1.36. The molecule has 0 amide bonds. The second-order valence-electron chi connectivity index (χ2n) is 6.28. The molecule has 0 aliphatic rings. The molecule has 0 fully saturated rings. The van der Waals surface area contributed by atoms with Crippen molar-refractivity contribution in [2.45, 2.75) is 32.5 Å². The fraction of sp³-hybridized carbons (Fsp3) is 0.438. The lowest BCUT2D eigenvalue weighted by molar-refractivity contribution is 0.209. The third-order valence-electron chi connectivity index (χ3n) is 3.12. The Morgan fingerprint density at radius 1 is 1.19 bits per heavy atom. The van der Waals surface area contributed by atoms with Gasteiger partial charge in [-0.15, -0.1) is 0 Å². The molecule has 0 aliphatic heterocycles. The maximum Gasteiger partial charge on any atom is 0.0534 e. The summed E-state index contributed by atoms with van der Waals surface area (Å²) in [6.07, 6.45) is 3.94. The Morgan fingerprint density at radius 2 is 1.81 bits per heavy atom. The van der Waals surface area contributed by atoms with Crippen molar-refractivity contribution in [1.29, 1.82) is 0 Å². The Kier molecular flexibility index (Phi) is 5.04.